The first-order valence-corrected chi connectivity index (χ1v) is 11.1. The van der Waals surface area contributed by atoms with Crippen molar-refractivity contribution in [1.82, 2.24) is 10.6 Å². The summed E-state index contributed by atoms with van der Waals surface area (Å²) >= 11 is 0. The van der Waals surface area contributed by atoms with Crippen molar-refractivity contribution in [3.63, 3.8) is 0 Å². The van der Waals surface area contributed by atoms with Gasteiger partial charge < -0.3 is 15.7 Å². The van der Waals surface area contributed by atoms with Crippen molar-refractivity contribution in [2.75, 3.05) is 19.3 Å². The SMILES string of the molecule is CCNC(=NCc1cc(F)ccc1CS(C)(=O)=O)NCC(O)c1ccc(F)cc1. The Morgan fingerprint density at radius 3 is 2.34 bits per heavy atom. The van der Waals surface area contributed by atoms with E-state index in [9.17, 15) is 22.3 Å². The first kappa shape index (κ1) is 22.8. The van der Waals surface area contributed by atoms with E-state index in [1.54, 1.807) is 0 Å². The molecule has 158 valence electrons. The Hall–Kier alpha value is -2.52. The number of guanidine groups is 1. The molecule has 2 rings (SSSR count). The predicted molar refractivity (Wildman–Crippen MR) is 109 cm³/mol. The molecule has 1 unspecified atom stereocenters. The van der Waals surface area contributed by atoms with Gasteiger partial charge in [0.15, 0.2) is 15.8 Å². The third-order valence-electron chi connectivity index (χ3n) is 4.06. The van der Waals surface area contributed by atoms with Gasteiger partial charge in [0.05, 0.1) is 18.4 Å². The number of sulfone groups is 1. The number of nitrogens with zero attached hydrogens (tertiary/aromatic N) is 1. The van der Waals surface area contributed by atoms with Gasteiger partial charge in [-0.1, -0.05) is 18.2 Å². The van der Waals surface area contributed by atoms with Crippen LogP contribution in [0.2, 0.25) is 0 Å². The van der Waals surface area contributed by atoms with Gasteiger partial charge in [0, 0.05) is 19.3 Å². The summed E-state index contributed by atoms with van der Waals surface area (Å²) in [6.07, 6.45) is 0.237. The van der Waals surface area contributed by atoms with Crippen LogP contribution in [0.4, 0.5) is 8.78 Å². The van der Waals surface area contributed by atoms with E-state index in [4.69, 9.17) is 0 Å². The minimum absolute atomic E-state index is 0.0601. The van der Waals surface area contributed by atoms with Crippen LogP contribution in [0.5, 0.6) is 0 Å². The van der Waals surface area contributed by atoms with E-state index in [2.05, 4.69) is 15.6 Å². The maximum Gasteiger partial charge on any atom is 0.191 e. The summed E-state index contributed by atoms with van der Waals surface area (Å²) in [6.45, 7) is 2.60. The van der Waals surface area contributed by atoms with Crippen LogP contribution in [0.1, 0.15) is 29.7 Å². The molecule has 0 bridgehead atoms. The van der Waals surface area contributed by atoms with Gasteiger partial charge in [-0.3, -0.25) is 0 Å². The molecule has 0 radical (unpaired) electrons. The van der Waals surface area contributed by atoms with Crippen LogP contribution in [0.25, 0.3) is 0 Å². The Balaban J connectivity index is 2.10. The average molecular weight is 426 g/mol. The second-order valence-electron chi connectivity index (χ2n) is 6.63. The van der Waals surface area contributed by atoms with Crippen LogP contribution < -0.4 is 10.6 Å². The van der Waals surface area contributed by atoms with E-state index in [0.717, 1.165) is 6.26 Å². The van der Waals surface area contributed by atoms with Crippen molar-refractivity contribution in [1.29, 1.82) is 0 Å². The molecule has 0 aromatic heterocycles. The lowest BCUT2D eigenvalue weighted by atomic mass is 10.1. The molecule has 3 N–H and O–H groups in total. The number of rotatable bonds is 8. The predicted octanol–water partition coefficient (Wildman–Crippen LogP) is 2.30. The maximum atomic E-state index is 13.6. The molecule has 0 spiro atoms. The van der Waals surface area contributed by atoms with E-state index in [0.29, 0.717) is 29.2 Å². The molecule has 0 fully saturated rings. The van der Waals surface area contributed by atoms with Gasteiger partial charge in [-0.25, -0.2) is 22.2 Å². The van der Waals surface area contributed by atoms with E-state index in [-0.39, 0.29) is 24.7 Å². The quantitative estimate of drug-likeness (QED) is 0.446. The lowest BCUT2D eigenvalue weighted by Crippen LogP contribution is -2.39. The molecule has 0 aliphatic heterocycles. The molecule has 0 heterocycles. The minimum atomic E-state index is -3.28. The highest BCUT2D eigenvalue weighted by Gasteiger charge is 2.12. The average Bonchev–Trinajstić information content (AvgIpc) is 2.65. The summed E-state index contributed by atoms with van der Waals surface area (Å²) < 4.78 is 49.8. The van der Waals surface area contributed by atoms with Gasteiger partial charge in [0.2, 0.25) is 0 Å². The summed E-state index contributed by atoms with van der Waals surface area (Å²) in [5, 5.41) is 16.2. The van der Waals surface area contributed by atoms with E-state index >= 15 is 0 Å². The van der Waals surface area contributed by atoms with Gasteiger partial charge in [-0.15, -0.1) is 0 Å². The van der Waals surface area contributed by atoms with Crippen molar-refractivity contribution >= 4 is 15.8 Å². The third kappa shape index (κ3) is 7.78. The Bertz CT molecular complexity index is 948. The van der Waals surface area contributed by atoms with E-state index in [1.807, 2.05) is 6.92 Å². The van der Waals surface area contributed by atoms with Gasteiger partial charge in [-0.05, 0) is 47.9 Å². The number of aliphatic hydroxyl groups is 1. The molecule has 2 aromatic rings. The molecule has 0 saturated carbocycles. The Morgan fingerprint density at radius 2 is 1.72 bits per heavy atom. The number of hydrogen-bond donors (Lipinski definition) is 3. The van der Waals surface area contributed by atoms with Crippen LogP contribution in [0, 0.1) is 11.6 Å². The van der Waals surface area contributed by atoms with E-state index in [1.165, 1.54) is 42.5 Å². The summed E-state index contributed by atoms with van der Waals surface area (Å²) in [6, 6.07) is 9.46. The van der Waals surface area contributed by atoms with Crippen LogP contribution in [0.15, 0.2) is 47.5 Å². The summed E-state index contributed by atoms with van der Waals surface area (Å²) in [4.78, 5) is 4.36. The van der Waals surface area contributed by atoms with Crippen LogP contribution in [0.3, 0.4) is 0 Å². The van der Waals surface area contributed by atoms with Crippen molar-refractivity contribution < 1.29 is 22.3 Å². The van der Waals surface area contributed by atoms with Crippen molar-refractivity contribution in [3.05, 3.63) is 70.8 Å². The lowest BCUT2D eigenvalue weighted by molar-refractivity contribution is 0.180. The van der Waals surface area contributed by atoms with Gasteiger partial charge in [-0.2, -0.15) is 0 Å². The first-order valence-electron chi connectivity index (χ1n) is 9.08. The highest BCUT2D eigenvalue weighted by Crippen LogP contribution is 2.16. The normalized spacial score (nSPS) is 13.2. The topological polar surface area (TPSA) is 90.8 Å². The second kappa shape index (κ2) is 10.3. The number of aliphatic imine (C=N–C) groups is 1. The molecular weight excluding hydrogens is 400 g/mol. The smallest absolute Gasteiger partial charge is 0.191 e. The third-order valence-corrected chi connectivity index (χ3v) is 4.89. The van der Waals surface area contributed by atoms with Crippen molar-refractivity contribution in [3.8, 4) is 0 Å². The molecular formula is C20H25F2N3O3S. The monoisotopic (exact) mass is 425 g/mol. The van der Waals surface area contributed by atoms with Crippen LogP contribution >= 0.6 is 0 Å². The zero-order chi connectivity index (χ0) is 21.4. The summed E-state index contributed by atoms with van der Waals surface area (Å²) in [7, 11) is -3.28. The molecule has 0 aliphatic rings. The lowest BCUT2D eigenvalue weighted by Gasteiger charge is -2.16. The molecule has 0 amide bonds. The Kier molecular flexibility index (Phi) is 8.10. The molecule has 29 heavy (non-hydrogen) atoms. The fourth-order valence-electron chi connectivity index (χ4n) is 2.67. The van der Waals surface area contributed by atoms with E-state index < -0.39 is 21.8 Å². The number of aliphatic hydroxyl groups excluding tert-OH is 1. The highest BCUT2D eigenvalue weighted by atomic mass is 32.2. The molecule has 0 aliphatic carbocycles. The largest absolute Gasteiger partial charge is 0.387 e. The summed E-state index contributed by atoms with van der Waals surface area (Å²) in [5.74, 6) is -0.685. The number of hydrogen-bond acceptors (Lipinski definition) is 4. The molecule has 9 heteroatoms. The highest BCUT2D eigenvalue weighted by molar-refractivity contribution is 7.89. The number of nitrogens with one attached hydrogen (secondary N) is 2. The Morgan fingerprint density at radius 1 is 1.07 bits per heavy atom. The molecule has 0 saturated heterocycles. The zero-order valence-corrected chi connectivity index (χ0v) is 17.1. The number of benzene rings is 2. The first-order chi connectivity index (χ1) is 13.7. The van der Waals surface area contributed by atoms with Crippen molar-refractivity contribution in [2.45, 2.75) is 25.3 Å². The minimum Gasteiger partial charge on any atom is -0.387 e. The molecule has 2 aromatic carbocycles. The number of halogens is 2. The molecule has 1 atom stereocenters. The van der Waals surface area contributed by atoms with Gasteiger partial charge in [0.25, 0.3) is 0 Å². The standard InChI is InChI=1S/C20H25F2N3O3S/c1-3-23-20(25-12-19(26)14-4-7-17(21)8-5-14)24-11-16-10-18(22)9-6-15(16)13-29(2,27)28/h4-10,19,26H,3,11-13H2,1-2H3,(H2,23,24,25). The van der Waals surface area contributed by atoms with Gasteiger partial charge in [0.1, 0.15) is 11.6 Å². The molecule has 6 nitrogen and oxygen atoms in total. The fraction of sp³-hybridized carbons (Fsp3) is 0.350. The summed E-state index contributed by atoms with van der Waals surface area (Å²) in [5.41, 5.74) is 1.50. The Labute approximate surface area is 169 Å². The zero-order valence-electron chi connectivity index (χ0n) is 16.3. The van der Waals surface area contributed by atoms with Crippen molar-refractivity contribution in [2.24, 2.45) is 4.99 Å². The maximum absolute atomic E-state index is 13.6. The van der Waals surface area contributed by atoms with Gasteiger partial charge >= 0.3 is 0 Å². The van der Waals surface area contributed by atoms with Crippen LogP contribution in [-0.4, -0.2) is 38.8 Å². The fourth-order valence-corrected chi connectivity index (χ4v) is 3.51. The second-order valence-corrected chi connectivity index (χ2v) is 8.77. The van der Waals surface area contributed by atoms with Crippen LogP contribution in [-0.2, 0) is 22.1 Å².